The van der Waals surface area contributed by atoms with E-state index in [0.29, 0.717) is 11.9 Å². The Morgan fingerprint density at radius 1 is 1.00 bits per heavy atom. The molecule has 134 valence electrons. The van der Waals surface area contributed by atoms with Crippen molar-refractivity contribution in [2.24, 2.45) is 0 Å². The second kappa shape index (κ2) is 5.87. The second-order valence-corrected chi connectivity index (χ2v) is 7.09. The molecule has 1 aliphatic heterocycles. The molecule has 0 amide bonds. The molecule has 4 rings (SSSR count). The number of benzene rings is 2. The van der Waals surface area contributed by atoms with Crippen LogP contribution in [0, 0.1) is 0 Å². The van der Waals surface area contributed by atoms with Gasteiger partial charge in [0.25, 0.3) is 5.79 Å². The first-order chi connectivity index (χ1) is 12.4. The van der Waals surface area contributed by atoms with E-state index in [4.69, 9.17) is 9.47 Å². The van der Waals surface area contributed by atoms with Crippen LogP contribution in [-0.2, 0) is 25.6 Å². The molecule has 0 spiro atoms. The summed E-state index contributed by atoms with van der Waals surface area (Å²) in [5.41, 5.74) is 0.989. The van der Waals surface area contributed by atoms with E-state index in [-0.39, 0.29) is 5.57 Å². The van der Waals surface area contributed by atoms with Crippen molar-refractivity contribution in [3.63, 3.8) is 0 Å². The highest BCUT2D eigenvalue weighted by Gasteiger charge is 2.40. The fraction of sp³-hybridized carbons (Fsp3) is 0.333. The highest BCUT2D eigenvalue weighted by atomic mass is 16.7. The maximum atomic E-state index is 12.7. The zero-order chi connectivity index (χ0) is 18.5. The number of hydrogen-bond acceptors (Lipinski definition) is 4. The Balaban J connectivity index is 2.13. The van der Waals surface area contributed by atoms with E-state index in [1.165, 1.54) is 0 Å². The molecule has 0 saturated carbocycles. The van der Waals surface area contributed by atoms with Crippen molar-refractivity contribution in [3.05, 3.63) is 41.7 Å². The molecular weight excluding hydrogens is 330 g/mol. The second-order valence-electron chi connectivity index (χ2n) is 7.09. The Bertz CT molecular complexity index is 1060. The molecule has 0 aliphatic carbocycles. The number of cyclic esters (lactones) is 2. The number of hydrogen-bond donors (Lipinski definition) is 0. The number of carbonyl (C=O) groups is 2. The molecule has 1 aromatic heterocycles. The van der Waals surface area contributed by atoms with Gasteiger partial charge in [-0.3, -0.25) is 0 Å². The van der Waals surface area contributed by atoms with Gasteiger partial charge in [-0.25, -0.2) is 9.59 Å². The molecule has 2 heterocycles. The van der Waals surface area contributed by atoms with E-state index >= 15 is 0 Å². The largest absolute Gasteiger partial charge is 0.419 e. The van der Waals surface area contributed by atoms with E-state index in [9.17, 15) is 9.59 Å². The van der Waals surface area contributed by atoms with Gasteiger partial charge in [0, 0.05) is 36.7 Å². The summed E-state index contributed by atoms with van der Waals surface area (Å²) < 4.78 is 12.8. The Kier molecular flexibility index (Phi) is 3.75. The lowest BCUT2D eigenvalue weighted by Crippen LogP contribution is -2.44. The zero-order valence-corrected chi connectivity index (χ0v) is 15.2. The molecule has 0 radical (unpaired) electrons. The van der Waals surface area contributed by atoms with Crippen LogP contribution < -0.4 is 5.35 Å². The molecule has 2 aromatic carbocycles. The lowest BCUT2D eigenvalue weighted by atomic mass is 10.1. The predicted molar refractivity (Wildman–Crippen MR) is 99.2 cm³/mol. The van der Waals surface area contributed by atoms with Gasteiger partial charge >= 0.3 is 11.9 Å². The van der Waals surface area contributed by atoms with Gasteiger partial charge in [-0.05, 0) is 17.9 Å². The van der Waals surface area contributed by atoms with Crippen molar-refractivity contribution < 1.29 is 19.1 Å². The fourth-order valence-electron chi connectivity index (χ4n) is 3.67. The molecule has 0 bridgehead atoms. The number of nitrogens with zero attached hydrogens (tertiary/aromatic N) is 1. The van der Waals surface area contributed by atoms with Crippen LogP contribution in [0.25, 0.3) is 27.2 Å². The van der Waals surface area contributed by atoms with E-state index < -0.39 is 17.7 Å². The van der Waals surface area contributed by atoms with Gasteiger partial charge in [-0.2, -0.15) is 0 Å². The summed E-state index contributed by atoms with van der Waals surface area (Å²) >= 11 is 0. The van der Waals surface area contributed by atoms with Gasteiger partial charge < -0.3 is 14.0 Å². The smallest absolute Gasteiger partial charge is 0.351 e. The van der Waals surface area contributed by atoms with Crippen molar-refractivity contribution in [2.75, 3.05) is 0 Å². The van der Waals surface area contributed by atoms with Gasteiger partial charge in [0.05, 0.1) is 5.35 Å². The first-order valence-corrected chi connectivity index (χ1v) is 8.93. The number of esters is 2. The van der Waals surface area contributed by atoms with Crippen LogP contribution in [0.2, 0.25) is 0 Å². The normalized spacial score (nSPS) is 17.0. The van der Waals surface area contributed by atoms with Crippen LogP contribution >= 0.6 is 0 Å². The van der Waals surface area contributed by atoms with Gasteiger partial charge in [-0.1, -0.05) is 43.7 Å². The first kappa shape index (κ1) is 16.6. The van der Waals surface area contributed by atoms with E-state index in [1.54, 1.807) is 13.8 Å². The number of aryl methyl sites for hydroxylation is 1. The molecule has 0 N–H and O–H groups in total. The van der Waals surface area contributed by atoms with Crippen LogP contribution in [0.3, 0.4) is 0 Å². The number of ether oxygens (including phenoxy) is 2. The Labute approximate surface area is 151 Å². The minimum Gasteiger partial charge on any atom is -0.419 e. The lowest BCUT2D eigenvalue weighted by molar-refractivity contribution is -0.217. The van der Waals surface area contributed by atoms with Gasteiger partial charge in [0.1, 0.15) is 0 Å². The molecular formula is C21H21NO4. The number of aromatic nitrogens is 1. The molecule has 26 heavy (non-hydrogen) atoms. The molecule has 1 saturated heterocycles. The highest BCUT2D eigenvalue weighted by Crippen LogP contribution is 2.28. The maximum absolute atomic E-state index is 12.7. The molecule has 1 aliphatic rings. The molecule has 0 unspecified atom stereocenters. The summed E-state index contributed by atoms with van der Waals surface area (Å²) in [5.74, 6) is -2.51. The van der Waals surface area contributed by atoms with Crippen molar-refractivity contribution in [3.8, 4) is 0 Å². The summed E-state index contributed by atoms with van der Waals surface area (Å²) in [6.07, 6.45) is 1.95. The molecule has 0 atom stereocenters. The summed E-state index contributed by atoms with van der Waals surface area (Å²) in [6.45, 7) is 5.95. The molecule has 1 fully saturated rings. The topological polar surface area (TPSA) is 57.5 Å². The minimum absolute atomic E-state index is 0.0240. The van der Waals surface area contributed by atoms with Crippen LogP contribution in [0.4, 0.5) is 0 Å². The number of unbranched alkanes of at least 4 members (excludes halogenated alkanes) is 1. The number of rotatable bonds is 3. The standard InChI is InChI=1S/C21H21NO4/c1-4-5-12-22-15-11-7-9-13-8-6-10-14(16(13)15)18(22)17-19(23)25-21(2,3)26-20(17)24/h6-11H,4-5,12H2,1-3H3. The quantitative estimate of drug-likeness (QED) is 0.680. The van der Waals surface area contributed by atoms with Crippen LogP contribution in [-0.4, -0.2) is 22.3 Å². The monoisotopic (exact) mass is 351 g/mol. The molecule has 5 heteroatoms. The third-order valence-corrected chi connectivity index (χ3v) is 4.76. The Morgan fingerprint density at radius 3 is 2.31 bits per heavy atom. The van der Waals surface area contributed by atoms with E-state index in [0.717, 1.165) is 34.5 Å². The highest BCUT2D eigenvalue weighted by molar-refractivity contribution is 6.38. The Hall–Kier alpha value is -2.82. The lowest BCUT2D eigenvalue weighted by Gasteiger charge is -2.29. The summed E-state index contributed by atoms with van der Waals surface area (Å²) in [5, 5.41) is 3.60. The van der Waals surface area contributed by atoms with Crippen molar-refractivity contribution in [1.29, 1.82) is 0 Å². The molecule has 5 nitrogen and oxygen atoms in total. The SMILES string of the molecule is CCCCn1c(=C2C(=O)OC(C)(C)OC2=O)c2cccc3cccc1c32. The first-order valence-electron chi connectivity index (χ1n) is 8.93. The Morgan fingerprint density at radius 2 is 1.65 bits per heavy atom. The van der Waals surface area contributed by atoms with Gasteiger partial charge in [-0.15, -0.1) is 0 Å². The summed E-state index contributed by atoms with van der Waals surface area (Å²) in [7, 11) is 0. The van der Waals surface area contributed by atoms with Crippen molar-refractivity contribution in [1.82, 2.24) is 4.57 Å². The van der Waals surface area contributed by atoms with Crippen molar-refractivity contribution in [2.45, 2.75) is 45.9 Å². The van der Waals surface area contributed by atoms with Crippen LogP contribution in [0.15, 0.2) is 36.4 Å². The fourth-order valence-corrected chi connectivity index (χ4v) is 3.67. The molecule has 3 aromatic rings. The van der Waals surface area contributed by atoms with Gasteiger partial charge in [0.2, 0.25) is 0 Å². The van der Waals surface area contributed by atoms with Crippen LogP contribution in [0.5, 0.6) is 0 Å². The van der Waals surface area contributed by atoms with Crippen LogP contribution in [0.1, 0.15) is 33.6 Å². The summed E-state index contributed by atoms with van der Waals surface area (Å²) in [4.78, 5) is 25.4. The number of carbonyl (C=O) groups excluding carboxylic acids is 2. The van der Waals surface area contributed by atoms with E-state index in [1.807, 2.05) is 36.4 Å². The average Bonchev–Trinajstić information content (AvgIpc) is 2.88. The summed E-state index contributed by atoms with van der Waals surface area (Å²) in [6, 6.07) is 12.0. The third kappa shape index (κ3) is 2.46. The third-order valence-electron chi connectivity index (χ3n) is 4.76. The predicted octanol–water partition coefficient (Wildman–Crippen LogP) is 3.30. The van der Waals surface area contributed by atoms with Crippen molar-refractivity contribution >= 4 is 39.2 Å². The average molecular weight is 351 g/mol. The zero-order valence-electron chi connectivity index (χ0n) is 15.2. The minimum atomic E-state index is -1.25. The van der Waals surface area contributed by atoms with E-state index in [2.05, 4.69) is 11.5 Å². The van der Waals surface area contributed by atoms with Gasteiger partial charge in [0.15, 0.2) is 5.57 Å². The maximum Gasteiger partial charge on any atom is 0.351 e.